The molecule has 0 bridgehead atoms. The van der Waals surface area contributed by atoms with E-state index >= 15 is 0 Å². The Morgan fingerprint density at radius 3 is 2.71 bits per heavy atom. The van der Waals surface area contributed by atoms with Crippen molar-refractivity contribution in [3.63, 3.8) is 0 Å². The molecule has 116 valence electrons. The predicted octanol–water partition coefficient (Wildman–Crippen LogP) is 5.08. The van der Waals surface area contributed by atoms with E-state index in [2.05, 4.69) is 22.9 Å². The van der Waals surface area contributed by atoms with Gasteiger partial charge < -0.3 is 4.74 Å². The third kappa shape index (κ3) is 3.45. The summed E-state index contributed by atoms with van der Waals surface area (Å²) in [4.78, 5) is 12.6. The van der Waals surface area contributed by atoms with Gasteiger partial charge in [-0.3, -0.25) is 4.79 Å². The highest BCUT2D eigenvalue weighted by molar-refractivity contribution is 9.09. The quantitative estimate of drug-likeness (QED) is 0.513. The molecule has 0 aromatic heterocycles. The number of unbranched alkanes of at least 4 members (excludes halogenated alkanes) is 2. The summed E-state index contributed by atoms with van der Waals surface area (Å²) >= 11 is 9.84. The van der Waals surface area contributed by atoms with Crippen molar-refractivity contribution in [1.82, 2.24) is 0 Å². The molecule has 1 aromatic carbocycles. The van der Waals surface area contributed by atoms with Crippen molar-refractivity contribution in [3.8, 4) is 5.75 Å². The number of ether oxygens (including phenoxy) is 1. The number of ketones is 1. The first-order valence-corrected chi connectivity index (χ1v) is 8.99. The molecule has 0 heterocycles. The number of benzene rings is 1. The average molecular weight is 374 g/mol. The van der Waals surface area contributed by atoms with Gasteiger partial charge in [-0.05, 0) is 49.4 Å². The van der Waals surface area contributed by atoms with E-state index in [1.807, 2.05) is 12.1 Å². The molecule has 0 amide bonds. The molecule has 0 N–H and O–H groups in total. The van der Waals surface area contributed by atoms with Crippen molar-refractivity contribution >= 4 is 33.3 Å². The van der Waals surface area contributed by atoms with E-state index in [0.717, 1.165) is 59.3 Å². The summed E-state index contributed by atoms with van der Waals surface area (Å²) in [6.45, 7) is 2.07. The van der Waals surface area contributed by atoms with Crippen LogP contribution in [0.1, 0.15) is 50.2 Å². The average Bonchev–Trinajstić information content (AvgIpc) is 2.48. The number of alkyl halides is 1. The monoisotopic (exact) mass is 372 g/mol. The van der Waals surface area contributed by atoms with Crippen LogP contribution in [0.4, 0.5) is 0 Å². The third-order valence-electron chi connectivity index (χ3n) is 4.53. The van der Waals surface area contributed by atoms with Gasteiger partial charge in [-0.15, -0.1) is 0 Å². The summed E-state index contributed by atoms with van der Waals surface area (Å²) in [6, 6.07) is 3.85. The molecule has 0 spiro atoms. The van der Waals surface area contributed by atoms with Crippen molar-refractivity contribution < 1.29 is 9.53 Å². The fourth-order valence-corrected chi connectivity index (χ4v) is 3.86. The van der Waals surface area contributed by atoms with Crippen LogP contribution in [0.25, 0.3) is 0 Å². The van der Waals surface area contributed by atoms with Gasteiger partial charge in [0.25, 0.3) is 0 Å². The fourth-order valence-electron chi connectivity index (χ4n) is 3.16. The van der Waals surface area contributed by atoms with Gasteiger partial charge in [-0.2, -0.15) is 0 Å². The molecule has 2 rings (SSSR count). The number of carbonyl (C=O) groups excluding carboxylic acids is 1. The highest BCUT2D eigenvalue weighted by atomic mass is 79.9. The highest BCUT2D eigenvalue weighted by Gasteiger charge is 2.40. The van der Waals surface area contributed by atoms with Gasteiger partial charge in [0, 0.05) is 16.8 Å². The second-order valence-corrected chi connectivity index (χ2v) is 7.09. The number of hydrogen-bond donors (Lipinski definition) is 0. The van der Waals surface area contributed by atoms with Crippen molar-refractivity contribution in [2.75, 3.05) is 12.4 Å². The number of fused-ring (bicyclic) bond motifs is 1. The third-order valence-corrected chi connectivity index (χ3v) is 5.43. The maximum absolute atomic E-state index is 12.6. The number of Topliss-reactive ketones (excluding diaryl/α,β-unsaturated/α-hetero) is 1. The van der Waals surface area contributed by atoms with Crippen LogP contribution in [0.3, 0.4) is 0 Å². The van der Waals surface area contributed by atoms with Gasteiger partial charge >= 0.3 is 0 Å². The molecule has 4 heteroatoms. The molecule has 1 aliphatic rings. The van der Waals surface area contributed by atoms with Crippen LogP contribution in [0, 0.1) is 0 Å². The molecular weight excluding hydrogens is 352 g/mol. The van der Waals surface area contributed by atoms with Gasteiger partial charge in [0.1, 0.15) is 11.5 Å². The van der Waals surface area contributed by atoms with Crippen LogP contribution in [0.5, 0.6) is 5.75 Å². The lowest BCUT2D eigenvalue weighted by Crippen LogP contribution is -2.37. The van der Waals surface area contributed by atoms with Crippen molar-refractivity contribution in [2.24, 2.45) is 0 Å². The SMILES string of the molecule is COc1cc(Cl)c2c(c1)C(C)(CCCCCBr)C(=O)CC2. The minimum absolute atomic E-state index is 0.332. The van der Waals surface area contributed by atoms with Crippen LogP contribution >= 0.6 is 27.5 Å². The number of rotatable bonds is 6. The summed E-state index contributed by atoms with van der Waals surface area (Å²) in [5.41, 5.74) is 1.78. The molecule has 0 aliphatic heterocycles. The molecule has 0 fully saturated rings. The first-order valence-electron chi connectivity index (χ1n) is 7.49. The van der Waals surface area contributed by atoms with E-state index < -0.39 is 5.41 Å². The van der Waals surface area contributed by atoms with Crippen LogP contribution in [-0.4, -0.2) is 18.2 Å². The predicted molar refractivity (Wildman–Crippen MR) is 90.9 cm³/mol. The Balaban J connectivity index is 2.33. The van der Waals surface area contributed by atoms with E-state index in [4.69, 9.17) is 16.3 Å². The number of hydrogen-bond acceptors (Lipinski definition) is 2. The maximum atomic E-state index is 12.6. The molecule has 0 saturated heterocycles. The van der Waals surface area contributed by atoms with Crippen LogP contribution in [0.2, 0.25) is 5.02 Å². The first kappa shape index (κ1) is 16.8. The van der Waals surface area contributed by atoms with Crippen LogP contribution in [-0.2, 0) is 16.6 Å². The van der Waals surface area contributed by atoms with E-state index in [1.165, 1.54) is 0 Å². The van der Waals surface area contributed by atoms with E-state index in [9.17, 15) is 4.79 Å². The molecule has 2 nitrogen and oxygen atoms in total. The largest absolute Gasteiger partial charge is 0.497 e. The van der Waals surface area contributed by atoms with Gasteiger partial charge in [0.2, 0.25) is 0 Å². The summed E-state index contributed by atoms with van der Waals surface area (Å²) in [5.74, 6) is 1.07. The Labute approximate surface area is 140 Å². The first-order chi connectivity index (χ1) is 10.0. The maximum Gasteiger partial charge on any atom is 0.143 e. The van der Waals surface area contributed by atoms with Crippen LogP contribution in [0.15, 0.2) is 12.1 Å². The van der Waals surface area contributed by atoms with Gasteiger partial charge in [-0.1, -0.05) is 40.4 Å². The Bertz CT molecular complexity index is 530. The lowest BCUT2D eigenvalue weighted by atomic mass is 9.67. The summed E-state index contributed by atoms with van der Waals surface area (Å²) in [6.07, 6.45) is 5.57. The zero-order chi connectivity index (χ0) is 15.5. The Morgan fingerprint density at radius 1 is 1.29 bits per heavy atom. The second-order valence-electron chi connectivity index (χ2n) is 5.89. The summed E-state index contributed by atoms with van der Waals surface area (Å²) in [5, 5.41) is 1.75. The molecule has 0 radical (unpaired) electrons. The van der Waals surface area contributed by atoms with Crippen LogP contribution < -0.4 is 4.74 Å². The van der Waals surface area contributed by atoms with Gasteiger partial charge in [0.15, 0.2) is 0 Å². The molecular formula is C17H22BrClO2. The van der Waals surface area contributed by atoms with Crippen molar-refractivity contribution in [2.45, 2.75) is 50.9 Å². The zero-order valence-corrected chi connectivity index (χ0v) is 15.0. The summed E-state index contributed by atoms with van der Waals surface area (Å²) < 4.78 is 5.33. The molecule has 1 aliphatic carbocycles. The molecule has 0 saturated carbocycles. The summed E-state index contributed by atoms with van der Waals surface area (Å²) in [7, 11) is 1.63. The van der Waals surface area contributed by atoms with Gasteiger partial charge in [0.05, 0.1) is 12.5 Å². The minimum Gasteiger partial charge on any atom is -0.497 e. The topological polar surface area (TPSA) is 26.3 Å². The Hall–Kier alpha value is -0.540. The van der Waals surface area contributed by atoms with E-state index in [1.54, 1.807) is 7.11 Å². The Morgan fingerprint density at radius 2 is 2.05 bits per heavy atom. The molecule has 1 aromatic rings. The molecule has 21 heavy (non-hydrogen) atoms. The second kappa shape index (κ2) is 7.15. The normalized spacial score (nSPS) is 21.2. The lowest BCUT2D eigenvalue weighted by molar-refractivity contribution is -0.125. The minimum atomic E-state index is -0.419. The molecule has 1 unspecified atom stereocenters. The van der Waals surface area contributed by atoms with Gasteiger partial charge in [-0.25, -0.2) is 0 Å². The lowest BCUT2D eigenvalue weighted by Gasteiger charge is -2.35. The zero-order valence-electron chi connectivity index (χ0n) is 12.7. The Kier molecular flexibility index (Phi) is 5.73. The van der Waals surface area contributed by atoms with E-state index in [0.29, 0.717) is 12.2 Å². The van der Waals surface area contributed by atoms with E-state index in [-0.39, 0.29) is 0 Å². The number of halogens is 2. The number of methoxy groups -OCH3 is 1. The highest BCUT2D eigenvalue weighted by Crippen LogP contribution is 2.43. The standard InChI is InChI=1S/C17H22BrClO2/c1-17(8-4-3-5-9-18)14-10-12(21-2)11-15(19)13(14)6-7-16(17)20/h10-11H,3-9H2,1-2H3. The van der Waals surface area contributed by atoms with Crippen molar-refractivity contribution in [3.05, 3.63) is 28.3 Å². The smallest absolute Gasteiger partial charge is 0.143 e. The molecule has 1 atom stereocenters. The fraction of sp³-hybridized carbons (Fsp3) is 0.588. The van der Waals surface area contributed by atoms with Crippen molar-refractivity contribution in [1.29, 1.82) is 0 Å². The number of carbonyl (C=O) groups is 1.